The van der Waals surface area contributed by atoms with Crippen molar-refractivity contribution in [3.63, 3.8) is 0 Å². The molecule has 0 heterocycles. The summed E-state index contributed by atoms with van der Waals surface area (Å²) in [7, 11) is 1.21. The smallest absolute Gasteiger partial charge is 0.306 e. The molecule has 3 unspecified atom stereocenters. The van der Waals surface area contributed by atoms with Gasteiger partial charge in [-0.05, 0) is 57.4 Å². The van der Waals surface area contributed by atoms with E-state index in [1.165, 1.54) is 263 Å². The van der Waals surface area contributed by atoms with Crippen LogP contribution in [-0.4, -0.2) is 69.4 Å². The molecule has 0 aromatic carbocycles. The summed E-state index contributed by atoms with van der Waals surface area (Å²) in [6.07, 6.45) is 71.5. The van der Waals surface area contributed by atoms with Gasteiger partial charge in [-0.3, -0.25) is 14.2 Å². The van der Waals surface area contributed by atoms with Gasteiger partial charge in [0.1, 0.15) is 19.3 Å². The number of hydrogen-bond acceptors (Lipinski definition) is 7. The van der Waals surface area contributed by atoms with E-state index in [2.05, 4.69) is 38.2 Å². The van der Waals surface area contributed by atoms with E-state index in [4.69, 9.17) is 13.8 Å². The summed E-state index contributed by atoms with van der Waals surface area (Å²) in [4.78, 5) is 40.1. The van der Waals surface area contributed by atoms with Crippen molar-refractivity contribution in [1.29, 1.82) is 0 Å². The summed E-state index contributed by atoms with van der Waals surface area (Å²) < 4.78 is 30.4. The highest BCUT2D eigenvalue weighted by Crippen LogP contribution is 2.38. The Balaban J connectivity index is 5.10. The third-order valence-corrected chi connectivity index (χ3v) is 16.8. The van der Waals surface area contributed by atoms with Gasteiger partial charge in [0, 0.05) is 12.8 Å². The molecule has 79 heavy (non-hydrogen) atoms. The second kappa shape index (κ2) is 59.6. The second-order valence-electron chi connectivity index (χ2n) is 25.0. The van der Waals surface area contributed by atoms with Gasteiger partial charge in [0.2, 0.25) is 5.91 Å². The molecule has 0 aliphatic heterocycles. The lowest BCUT2D eigenvalue weighted by molar-refractivity contribution is -0.870. The Kier molecular flexibility index (Phi) is 58.5. The minimum Gasteiger partial charge on any atom is -0.756 e. The normalized spacial score (nSPS) is 13.7. The SMILES string of the molecule is CCCCCCCC/C=C/CCCCCCCCCCCCCCCC(=O)OC(/C=C/CCCCCCCCCCCCC)C(COP(=O)([O-])OCC[N+](C)(C)C)NC(=O)CCCCCCCCCCCCCCCCCCC. The van der Waals surface area contributed by atoms with Crippen LogP contribution >= 0.6 is 7.82 Å². The number of ether oxygens (including phenoxy) is 1. The van der Waals surface area contributed by atoms with Gasteiger partial charge in [-0.2, -0.15) is 0 Å². The van der Waals surface area contributed by atoms with Crippen LogP contribution in [0.2, 0.25) is 0 Å². The first-order valence-electron chi connectivity index (χ1n) is 34.6. The summed E-state index contributed by atoms with van der Waals surface area (Å²) in [5.41, 5.74) is 0. The summed E-state index contributed by atoms with van der Waals surface area (Å²) in [6, 6.07) is -0.883. The van der Waals surface area contributed by atoms with Gasteiger partial charge >= 0.3 is 5.97 Å². The first-order chi connectivity index (χ1) is 38.4. The molecule has 3 atom stereocenters. The fourth-order valence-electron chi connectivity index (χ4n) is 10.5. The monoisotopic (exact) mass is 1140 g/mol. The van der Waals surface area contributed by atoms with E-state index in [1.54, 1.807) is 0 Å². The van der Waals surface area contributed by atoms with Crippen LogP contribution in [0.1, 0.15) is 355 Å². The predicted octanol–water partition coefficient (Wildman–Crippen LogP) is 21.0. The Labute approximate surface area is 492 Å². The van der Waals surface area contributed by atoms with Crippen LogP contribution in [0.5, 0.6) is 0 Å². The fraction of sp³-hybridized carbons (Fsp3) is 0.913. The molecule has 0 bridgehead atoms. The molecule has 0 aromatic rings. The highest BCUT2D eigenvalue weighted by atomic mass is 31.2. The van der Waals surface area contributed by atoms with Crippen molar-refractivity contribution < 1.29 is 37.3 Å². The molecule has 1 amide bonds. The standard InChI is InChI=1S/C69H135N2O7P/c1-7-10-13-16-19-22-25-28-30-32-33-34-35-36-37-39-41-44-47-50-53-56-59-62-69(73)78-67(60-57-54-51-48-45-42-27-24-21-18-15-12-9-3)66(65-77-79(74,75)76-64-63-71(4,5)6)70-68(72)61-58-55-52-49-46-43-40-38-31-29-26-23-20-17-14-11-8-2/h28,30,57,60,66-67H,7-27,29,31-56,58-59,61-65H2,1-6H3,(H-,70,72,74,75)/b30-28+,60-57+. The molecule has 1 N–H and O–H groups in total. The molecule has 0 fully saturated rings. The number of likely N-dealkylation sites (N-methyl/N-ethyl adjacent to an activating group) is 1. The molecule has 9 nitrogen and oxygen atoms in total. The van der Waals surface area contributed by atoms with E-state index in [1.807, 2.05) is 33.3 Å². The zero-order valence-electron chi connectivity index (χ0n) is 53.6. The number of allylic oxidation sites excluding steroid dienone is 3. The number of phosphoric acid groups is 1. The first-order valence-corrected chi connectivity index (χ1v) is 36.1. The number of phosphoric ester groups is 1. The average Bonchev–Trinajstić information content (AvgIpc) is 3.41. The van der Waals surface area contributed by atoms with Crippen LogP contribution in [0.3, 0.4) is 0 Å². The minimum absolute atomic E-state index is 0.0180. The lowest BCUT2D eigenvalue weighted by atomic mass is 10.0. The van der Waals surface area contributed by atoms with Crippen molar-refractivity contribution >= 4 is 19.7 Å². The lowest BCUT2D eigenvalue weighted by Gasteiger charge is -2.30. The van der Waals surface area contributed by atoms with Crippen molar-refractivity contribution in [2.45, 2.75) is 367 Å². The van der Waals surface area contributed by atoms with Crippen LogP contribution in [0.4, 0.5) is 0 Å². The maximum atomic E-state index is 13.6. The van der Waals surface area contributed by atoms with Crippen molar-refractivity contribution in [1.82, 2.24) is 5.32 Å². The fourth-order valence-corrected chi connectivity index (χ4v) is 11.2. The maximum Gasteiger partial charge on any atom is 0.306 e. The van der Waals surface area contributed by atoms with Crippen LogP contribution < -0.4 is 10.2 Å². The van der Waals surface area contributed by atoms with Gasteiger partial charge in [-0.15, -0.1) is 0 Å². The number of hydrogen-bond donors (Lipinski definition) is 1. The summed E-state index contributed by atoms with van der Waals surface area (Å²) >= 11 is 0. The molecule has 0 radical (unpaired) electrons. The second-order valence-corrected chi connectivity index (χ2v) is 26.5. The van der Waals surface area contributed by atoms with Crippen LogP contribution in [0.25, 0.3) is 0 Å². The van der Waals surface area contributed by atoms with Gasteiger partial charge in [0.25, 0.3) is 7.82 Å². The van der Waals surface area contributed by atoms with E-state index < -0.39 is 20.0 Å². The molecule has 0 aliphatic carbocycles. The number of quaternary nitrogens is 1. The van der Waals surface area contributed by atoms with Crippen LogP contribution in [0.15, 0.2) is 24.3 Å². The maximum absolute atomic E-state index is 13.6. The number of carbonyl (C=O) groups is 2. The first kappa shape index (κ1) is 77.5. The Morgan fingerprint density at radius 3 is 1.08 bits per heavy atom. The number of nitrogens with zero attached hydrogens (tertiary/aromatic N) is 1. The Morgan fingerprint density at radius 2 is 0.734 bits per heavy atom. The molecule has 0 saturated carbocycles. The number of nitrogens with one attached hydrogen (secondary N) is 1. The van der Waals surface area contributed by atoms with E-state index in [-0.39, 0.29) is 31.5 Å². The van der Waals surface area contributed by atoms with Gasteiger partial charge in [0.05, 0.1) is 33.8 Å². The number of rotatable bonds is 64. The van der Waals surface area contributed by atoms with Crippen LogP contribution in [0, 0.1) is 0 Å². The Morgan fingerprint density at radius 1 is 0.430 bits per heavy atom. The minimum atomic E-state index is -4.70. The molecular formula is C69H135N2O7P. The van der Waals surface area contributed by atoms with Crippen LogP contribution in [-0.2, 0) is 27.9 Å². The Bertz CT molecular complexity index is 1400. The average molecular weight is 1140 g/mol. The van der Waals surface area contributed by atoms with E-state index in [0.717, 1.165) is 57.8 Å². The van der Waals surface area contributed by atoms with Gasteiger partial charge < -0.3 is 28.5 Å². The third-order valence-electron chi connectivity index (χ3n) is 15.9. The lowest BCUT2D eigenvalue weighted by Crippen LogP contribution is -2.47. The number of unbranched alkanes of at least 4 members (excludes halogenated alkanes) is 46. The predicted molar refractivity (Wildman–Crippen MR) is 340 cm³/mol. The summed E-state index contributed by atoms with van der Waals surface area (Å²) in [5, 5.41) is 3.05. The topological polar surface area (TPSA) is 114 Å². The third kappa shape index (κ3) is 60.9. The largest absolute Gasteiger partial charge is 0.756 e. The molecule has 10 heteroatoms. The zero-order valence-corrected chi connectivity index (χ0v) is 54.5. The number of carbonyl (C=O) groups excluding carboxylic acids is 2. The van der Waals surface area contributed by atoms with Crippen molar-refractivity contribution in [2.75, 3.05) is 40.9 Å². The van der Waals surface area contributed by atoms with Gasteiger partial charge in [-0.25, -0.2) is 0 Å². The van der Waals surface area contributed by atoms with Gasteiger partial charge in [0.15, 0.2) is 0 Å². The molecule has 468 valence electrons. The van der Waals surface area contributed by atoms with Crippen molar-refractivity contribution in [3.8, 4) is 0 Å². The molecular weight excluding hydrogens is 1000 g/mol. The molecule has 0 spiro atoms. The van der Waals surface area contributed by atoms with Crippen molar-refractivity contribution in [2.24, 2.45) is 0 Å². The zero-order chi connectivity index (χ0) is 57.9. The summed E-state index contributed by atoms with van der Waals surface area (Å²) in [5.74, 6) is -0.519. The van der Waals surface area contributed by atoms with E-state index >= 15 is 0 Å². The van der Waals surface area contributed by atoms with E-state index in [0.29, 0.717) is 17.4 Å². The molecule has 0 saturated heterocycles. The van der Waals surface area contributed by atoms with E-state index in [9.17, 15) is 19.0 Å². The molecule has 0 aromatic heterocycles. The van der Waals surface area contributed by atoms with Gasteiger partial charge in [-0.1, -0.05) is 309 Å². The van der Waals surface area contributed by atoms with Crippen molar-refractivity contribution in [3.05, 3.63) is 24.3 Å². The highest BCUT2D eigenvalue weighted by Gasteiger charge is 2.27. The quantitative estimate of drug-likeness (QED) is 0.0212. The molecule has 0 rings (SSSR count). The summed E-state index contributed by atoms with van der Waals surface area (Å²) in [6.45, 7) is 6.91. The molecule has 0 aliphatic rings. The highest BCUT2D eigenvalue weighted by molar-refractivity contribution is 7.45. The number of esters is 1. The Hall–Kier alpha value is -1.51. The number of amides is 1.